The fourth-order valence-corrected chi connectivity index (χ4v) is 4.03. The van der Waals surface area contributed by atoms with E-state index in [1.807, 2.05) is 50.4 Å². The van der Waals surface area contributed by atoms with Crippen molar-refractivity contribution < 1.29 is 9.59 Å². The summed E-state index contributed by atoms with van der Waals surface area (Å²) in [6.45, 7) is 1.95. The molecule has 2 heterocycles. The quantitative estimate of drug-likeness (QED) is 0.533. The summed E-state index contributed by atoms with van der Waals surface area (Å²) in [5.74, 6) is -0.666. The highest BCUT2D eigenvalue weighted by atomic mass is 32.1. The van der Waals surface area contributed by atoms with Gasteiger partial charge in [-0.25, -0.2) is 0 Å². The van der Waals surface area contributed by atoms with Crippen LogP contribution in [-0.2, 0) is 7.05 Å². The number of carbonyl (C=O) groups is 2. The van der Waals surface area contributed by atoms with E-state index in [2.05, 4.69) is 21.5 Å². The molecule has 130 valence electrons. The monoisotopic (exact) mass is 363 g/mol. The summed E-state index contributed by atoms with van der Waals surface area (Å²) in [6.07, 6.45) is 0. The van der Waals surface area contributed by atoms with E-state index < -0.39 is 0 Å². The number of carbonyl (C=O) groups excluding carboxylic acids is 2. The molecule has 2 aromatic carbocycles. The number of aryl methyl sites for hydroxylation is 2. The first-order valence-electron chi connectivity index (χ1n) is 8.19. The van der Waals surface area contributed by atoms with E-state index in [-0.39, 0.29) is 11.8 Å². The molecule has 0 spiro atoms. The van der Waals surface area contributed by atoms with Crippen molar-refractivity contribution in [1.29, 1.82) is 0 Å². The molecular weight excluding hydrogens is 346 g/mol. The van der Waals surface area contributed by atoms with Crippen molar-refractivity contribution in [3.05, 3.63) is 70.6 Å². The van der Waals surface area contributed by atoms with Crippen LogP contribution < -0.4 is 10.9 Å². The fraction of sp³-hybridized carbons (Fsp3) is 0.100. The van der Waals surface area contributed by atoms with Gasteiger partial charge in [-0.15, -0.1) is 11.3 Å². The van der Waals surface area contributed by atoms with Crippen LogP contribution in [0, 0.1) is 6.92 Å². The molecule has 2 aromatic heterocycles. The van der Waals surface area contributed by atoms with Crippen molar-refractivity contribution in [3.8, 4) is 0 Å². The molecule has 0 unspecified atom stereocenters. The molecule has 6 heteroatoms. The second kappa shape index (κ2) is 6.31. The van der Waals surface area contributed by atoms with Crippen molar-refractivity contribution in [2.45, 2.75) is 6.92 Å². The van der Waals surface area contributed by atoms with Gasteiger partial charge in [-0.1, -0.05) is 35.9 Å². The topological polar surface area (TPSA) is 63.1 Å². The summed E-state index contributed by atoms with van der Waals surface area (Å²) in [7, 11) is 1.99. The number of aromatic nitrogens is 1. The van der Waals surface area contributed by atoms with Crippen LogP contribution in [0.4, 0.5) is 0 Å². The SMILES string of the molecule is Cc1ccc(C(=O)NNC(=O)c2cc3c4ccccc4n(C)c3s2)cc1. The lowest BCUT2D eigenvalue weighted by Crippen LogP contribution is -2.41. The number of para-hydroxylation sites is 1. The minimum atomic E-state index is -0.343. The Kier molecular flexibility index (Phi) is 3.97. The smallest absolute Gasteiger partial charge is 0.279 e. The second-order valence-electron chi connectivity index (χ2n) is 6.18. The van der Waals surface area contributed by atoms with Crippen LogP contribution in [0.5, 0.6) is 0 Å². The maximum atomic E-state index is 12.4. The Morgan fingerprint density at radius 1 is 0.923 bits per heavy atom. The van der Waals surface area contributed by atoms with E-state index in [1.165, 1.54) is 11.3 Å². The number of thiophene rings is 1. The van der Waals surface area contributed by atoms with Crippen molar-refractivity contribution in [3.63, 3.8) is 0 Å². The molecule has 0 bridgehead atoms. The molecule has 0 aliphatic carbocycles. The van der Waals surface area contributed by atoms with E-state index in [1.54, 1.807) is 12.1 Å². The molecule has 0 saturated carbocycles. The van der Waals surface area contributed by atoms with Crippen LogP contribution in [-0.4, -0.2) is 16.4 Å². The number of amides is 2. The standard InChI is InChI=1S/C20H17N3O2S/c1-12-7-9-13(10-8-12)18(24)21-22-19(25)17-11-15-14-5-3-4-6-16(14)23(2)20(15)26-17/h3-11H,1-2H3,(H,21,24)(H,22,25). The highest BCUT2D eigenvalue weighted by Gasteiger charge is 2.16. The largest absolute Gasteiger partial charge is 0.335 e. The number of fused-ring (bicyclic) bond motifs is 3. The van der Waals surface area contributed by atoms with E-state index in [0.717, 1.165) is 26.7 Å². The first kappa shape index (κ1) is 16.4. The van der Waals surface area contributed by atoms with Gasteiger partial charge in [0.25, 0.3) is 11.8 Å². The zero-order chi connectivity index (χ0) is 18.3. The number of rotatable bonds is 2. The molecule has 0 aliphatic rings. The predicted molar refractivity (Wildman–Crippen MR) is 104 cm³/mol. The van der Waals surface area contributed by atoms with E-state index in [0.29, 0.717) is 10.4 Å². The molecule has 4 rings (SSSR count). The van der Waals surface area contributed by atoms with Crippen molar-refractivity contribution in [2.75, 3.05) is 0 Å². The molecule has 0 radical (unpaired) electrons. The number of hydrogen-bond donors (Lipinski definition) is 2. The average molecular weight is 363 g/mol. The predicted octanol–water partition coefficient (Wildman–Crippen LogP) is 3.78. The van der Waals surface area contributed by atoms with Crippen LogP contribution in [0.3, 0.4) is 0 Å². The minimum Gasteiger partial charge on any atom is -0.335 e. The molecule has 0 aliphatic heterocycles. The lowest BCUT2D eigenvalue weighted by molar-refractivity contribution is 0.0849. The van der Waals surface area contributed by atoms with Gasteiger partial charge in [-0.05, 0) is 31.2 Å². The lowest BCUT2D eigenvalue weighted by atomic mass is 10.1. The van der Waals surface area contributed by atoms with E-state index >= 15 is 0 Å². The Balaban J connectivity index is 1.54. The van der Waals surface area contributed by atoms with Gasteiger partial charge in [-0.2, -0.15) is 0 Å². The first-order valence-corrected chi connectivity index (χ1v) is 9.00. The van der Waals surface area contributed by atoms with Gasteiger partial charge in [0.05, 0.1) is 4.88 Å². The summed E-state index contributed by atoms with van der Waals surface area (Å²) in [5.41, 5.74) is 7.66. The first-order chi connectivity index (χ1) is 12.5. The number of hydrogen-bond acceptors (Lipinski definition) is 3. The maximum Gasteiger partial charge on any atom is 0.279 e. The van der Waals surface area contributed by atoms with Crippen LogP contribution in [0.2, 0.25) is 0 Å². The van der Waals surface area contributed by atoms with Gasteiger partial charge in [0.2, 0.25) is 0 Å². The average Bonchev–Trinajstić information content (AvgIpc) is 3.20. The third-order valence-electron chi connectivity index (χ3n) is 4.40. The number of hydrazine groups is 1. The Labute approximate surface area is 154 Å². The van der Waals surface area contributed by atoms with Crippen LogP contribution in [0.15, 0.2) is 54.6 Å². The molecule has 2 N–H and O–H groups in total. The van der Waals surface area contributed by atoms with Gasteiger partial charge in [0.15, 0.2) is 0 Å². The Hall–Kier alpha value is -3.12. The third kappa shape index (κ3) is 2.74. The highest BCUT2D eigenvalue weighted by Crippen LogP contribution is 2.34. The van der Waals surface area contributed by atoms with Crippen molar-refractivity contribution in [2.24, 2.45) is 7.05 Å². The van der Waals surface area contributed by atoms with Gasteiger partial charge in [0, 0.05) is 28.9 Å². The molecule has 5 nitrogen and oxygen atoms in total. The molecule has 0 fully saturated rings. The Bertz CT molecular complexity index is 1140. The summed E-state index contributed by atoms with van der Waals surface area (Å²) in [4.78, 5) is 26.1. The molecule has 2 amide bonds. The van der Waals surface area contributed by atoms with Crippen LogP contribution >= 0.6 is 11.3 Å². The summed E-state index contributed by atoms with van der Waals surface area (Å²) in [6, 6.07) is 17.1. The normalized spacial score (nSPS) is 11.0. The van der Waals surface area contributed by atoms with Crippen LogP contribution in [0.25, 0.3) is 21.1 Å². The zero-order valence-corrected chi connectivity index (χ0v) is 15.2. The molecule has 0 saturated heterocycles. The maximum absolute atomic E-state index is 12.4. The van der Waals surface area contributed by atoms with Gasteiger partial charge >= 0.3 is 0 Å². The van der Waals surface area contributed by atoms with Gasteiger partial charge < -0.3 is 4.57 Å². The number of nitrogens with one attached hydrogen (secondary N) is 2. The minimum absolute atomic E-state index is 0.323. The molecular formula is C20H17N3O2S. The second-order valence-corrected chi connectivity index (χ2v) is 7.21. The summed E-state index contributed by atoms with van der Waals surface area (Å²) in [5, 5.41) is 2.16. The van der Waals surface area contributed by atoms with E-state index in [9.17, 15) is 9.59 Å². The molecule has 4 aromatic rings. The third-order valence-corrected chi connectivity index (χ3v) is 5.61. The lowest BCUT2D eigenvalue weighted by Gasteiger charge is -2.06. The summed E-state index contributed by atoms with van der Waals surface area (Å²) < 4.78 is 2.08. The van der Waals surface area contributed by atoms with Gasteiger partial charge in [-0.3, -0.25) is 20.4 Å². The zero-order valence-electron chi connectivity index (χ0n) is 14.4. The van der Waals surface area contributed by atoms with Gasteiger partial charge in [0.1, 0.15) is 4.83 Å². The van der Waals surface area contributed by atoms with Crippen molar-refractivity contribution in [1.82, 2.24) is 15.4 Å². The fourth-order valence-electron chi connectivity index (χ4n) is 2.99. The van der Waals surface area contributed by atoms with Crippen LogP contribution in [0.1, 0.15) is 25.6 Å². The highest BCUT2D eigenvalue weighted by molar-refractivity contribution is 7.20. The number of nitrogens with zero attached hydrogens (tertiary/aromatic N) is 1. The van der Waals surface area contributed by atoms with E-state index in [4.69, 9.17) is 0 Å². The summed E-state index contributed by atoms with van der Waals surface area (Å²) >= 11 is 1.41. The Morgan fingerprint density at radius 2 is 1.62 bits per heavy atom. The van der Waals surface area contributed by atoms with Crippen molar-refractivity contribution >= 4 is 44.3 Å². The Morgan fingerprint density at radius 3 is 2.38 bits per heavy atom. The number of benzene rings is 2. The molecule has 26 heavy (non-hydrogen) atoms. The molecule has 0 atom stereocenters.